The molecule has 0 heterocycles. The van der Waals surface area contributed by atoms with Gasteiger partial charge in [0.2, 0.25) is 5.91 Å². The van der Waals surface area contributed by atoms with Gasteiger partial charge in [0.05, 0.1) is 6.54 Å². The maximum absolute atomic E-state index is 12.1. The molecule has 2 amide bonds. The fourth-order valence-corrected chi connectivity index (χ4v) is 2.31. The zero-order valence-corrected chi connectivity index (χ0v) is 14.4. The molecule has 2 aromatic carbocycles. The summed E-state index contributed by atoms with van der Waals surface area (Å²) in [5.41, 5.74) is -0.258. The van der Waals surface area contributed by atoms with Gasteiger partial charge in [-0.05, 0) is 19.9 Å². The SMILES string of the molecule is CC(C)NC(=O)CNC(=O)COC(=O)c1cc(O)c2ccccc2c1O. The van der Waals surface area contributed by atoms with Crippen LogP contribution in [0, 0.1) is 0 Å². The van der Waals surface area contributed by atoms with Crippen LogP contribution in [0.4, 0.5) is 0 Å². The molecule has 2 aromatic rings. The Morgan fingerprint density at radius 2 is 1.73 bits per heavy atom. The van der Waals surface area contributed by atoms with Gasteiger partial charge in [0, 0.05) is 16.8 Å². The van der Waals surface area contributed by atoms with Crippen molar-refractivity contribution in [3.63, 3.8) is 0 Å². The quantitative estimate of drug-likeness (QED) is 0.451. The predicted molar refractivity (Wildman–Crippen MR) is 93.8 cm³/mol. The van der Waals surface area contributed by atoms with Crippen LogP contribution in [0.3, 0.4) is 0 Å². The molecule has 0 bridgehead atoms. The van der Waals surface area contributed by atoms with Crippen molar-refractivity contribution in [1.82, 2.24) is 10.6 Å². The van der Waals surface area contributed by atoms with Crippen LogP contribution < -0.4 is 10.6 Å². The summed E-state index contributed by atoms with van der Waals surface area (Å²) in [7, 11) is 0. The van der Waals surface area contributed by atoms with E-state index in [1.165, 1.54) is 0 Å². The number of phenols is 2. The van der Waals surface area contributed by atoms with Gasteiger partial charge in [-0.2, -0.15) is 0 Å². The summed E-state index contributed by atoms with van der Waals surface area (Å²) in [6.07, 6.45) is 0. The molecule has 2 rings (SSSR count). The Morgan fingerprint density at radius 3 is 2.38 bits per heavy atom. The minimum Gasteiger partial charge on any atom is -0.507 e. The highest BCUT2D eigenvalue weighted by Gasteiger charge is 2.19. The van der Waals surface area contributed by atoms with Crippen molar-refractivity contribution in [1.29, 1.82) is 0 Å². The first-order valence-corrected chi connectivity index (χ1v) is 7.96. The molecule has 0 spiro atoms. The molecule has 0 radical (unpaired) electrons. The Bertz CT molecular complexity index is 847. The lowest BCUT2D eigenvalue weighted by Gasteiger charge is -2.11. The molecule has 0 atom stereocenters. The average Bonchev–Trinajstić information content (AvgIpc) is 2.60. The van der Waals surface area contributed by atoms with Crippen molar-refractivity contribution in [2.75, 3.05) is 13.2 Å². The zero-order chi connectivity index (χ0) is 19.3. The van der Waals surface area contributed by atoms with Crippen molar-refractivity contribution in [3.8, 4) is 11.5 Å². The number of hydrogen-bond donors (Lipinski definition) is 4. The first-order chi connectivity index (χ1) is 12.3. The number of esters is 1. The van der Waals surface area contributed by atoms with Gasteiger partial charge >= 0.3 is 5.97 Å². The largest absolute Gasteiger partial charge is 0.507 e. The molecule has 26 heavy (non-hydrogen) atoms. The van der Waals surface area contributed by atoms with E-state index in [1.807, 2.05) is 0 Å². The smallest absolute Gasteiger partial charge is 0.342 e. The average molecular weight is 360 g/mol. The van der Waals surface area contributed by atoms with Crippen LogP contribution in [-0.2, 0) is 14.3 Å². The number of phenolic OH excluding ortho intramolecular Hbond substituents is 2. The Labute approximate surface area is 149 Å². The number of fused-ring (bicyclic) bond motifs is 1. The lowest BCUT2D eigenvalue weighted by Crippen LogP contribution is -2.41. The topological polar surface area (TPSA) is 125 Å². The first kappa shape index (κ1) is 19.0. The predicted octanol–water partition coefficient (Wildman–Crippen LogP) is 1.05. The Morgan fingerprint density at radius 1 is 1.08 bits per heavy atom. The van der Waals surface area contributed by atoms with Gasteiger partial charge in [-0.1, -0.05) is 24.3 Å². The normalized spacial score (nSPS) is 10.6. The van der Waals surface area contributed by atoms with E-state index < -0.39 is 18.5 Å². The number of ether oxygens (including phenoxy) is 1. The second-order valence-electron chi connectivity index (χ2n) is 5.91. The lowest BCUT2D eigenvalue weighted by molar-refractivity contribution is -0.128. The van der Waals surface area contributed by atoms with Gasteiger partial charge in [0.25, 0.3) is 5.91 Å². The van der Waals surface area contributed by atoms with E-state index in [0.29, 0.717) is 5.39 Å². The molecule has 8 heteroatoms. The molecule has 0 fully saturated rings. The minimum atomic E-state index is -0.967. The molecule has 0 aromatic heterocycles. The van der Waals surface area contributed by atoms with E-state index in [0.717, 1.165) is 6.07 Å². The van der Waals surface area contributed by atoms with Crippen LogP contribution in [0.15, 0.2) is 30.3 Å². The lowest BCUT2D eigenvalue weighted by atomic mass is 10.0. The molecule has 8 nitrogen and oxygen atoms in total. The van der Waals surface area contributed by atoms with Crippen molar-refractivity contribution >= 4 is 28.6 Å². The van der Waals surface area contributed by atoms with Crippen molar-refractivity contribution in [2.24, 2.45) is 0 Å². The zero-order valence-electron chi connectivity index (χ0n) is 14.4. The number of rotatable bonds is 6. The molecule has 0 saturated heterocycles. The molecular weight excluding hydrogens is 340 g/mol. The number of carbonyl (C=O) groups excluding carboxylic acids is 3. The number of hydrogen-bond acceptors (Lipinski definition) is 6. The standard InChI is InChI=1S/C18H20N2O6/c1-10(2)20-15(22)8-19-16(23)9-26-18(25)13-7-14(21)11-5-3-4-6-12(11)17(13)24/h3-7,10,21,24H,8-9H2,1-2H3,(H,19,23)(H,20,22). The fraction of sp³-hybridized carbons (Fsp3) is 0.278. The van der Waals surface area contributed by atoms with Gasteiger partial charge < -0.3 is 25.6 Å². The molecule has 4 N–H and O–H groups in total. The van der Waals surface area contributed by atoms with E-state index in [2.05, 4.69) is 10.6 Å². The number of benzene rings is 2. The summed E-state index contributed by atoms with van der Waals surface area (Å²) in [6.45, 7) is 2.71. The monoisotopic (exact) mass is 360 g/mol. The van der Waals surface area contributed by atoms with Gasteiger partial charge in [-0.3, -0.25) is 9.59 Å². The van der Waals surface area contributed by atoms with Gasteiger partial charge in [0.1, 0.15) is 17.1 Å². The molecule has 0 aliphatic carbocycles. The van der Waals surface area contributed by atoms with Crippen LogP contribution in [-0.4, -0.2) is 47.2 Å². The highest BCUT2D eigenvalue weighted by Crippen LogP contribution is 2.35. The highest BCUT2D eigenvalue weighted by atomic mass is 16.5. The summed E-state index contributed by atoms with van der Waals surface area (Å²) < 4.78 is 4.83. The molecular formula is C18H20N2O6. The van der Waals surface area contributed by atoms with Crippen molar-refractivity contribution in [3.05, 3.63) is 35.9 Å². The third kappa shape index (κ3) is 4.62. The summed E-state index contributed by atoms with van der Waals surface area (Å²) in [6, 6.07) is 7.48. The summed E-state index contributed by atoms with van der Waals surface area (Å²) in [5, 5.41) is 25.8. The summed E-state index contributed by atoms with van der Waals surface area (Å²) in [5.74, 6) is -2.54. The Kier molecular flexibility index (Phi) is 6.00. The van der Waals surface area contributed by atoms with Crippen LogP contribution in [0.25, 0.3) is 10.8 Å². The second kappa shape index (κ2) is 8.19. The molecule has 0 unspecified atom stereocenters. The van der Waals surface area contributed by atoms with Gasteiger partial charge in [-0.15, -0.1) is 0 Å². The third-order valence-electron chi connectivity index (χ3n) is 3.44. The van der Waals surface area contributed by atoms with Crippen LogP contribution in [0.1, 0.15) is 24.2 Å². The molecule has 0 aliphatic heterocycles. The number of aromatic hydroxyl groups is 2. The minimum absolute atomic E-state index is 0.0548. The highest BCUT2D eigenvalue weighted by molar-refractivity contribution is 6.04. The van der Waals surface area contributed by atoms with E-state index in [-0.39, 0.29) is 40.9 Å². The maximum Gasteiger partial charge on any atom is 0.342 e. The fourth-order valence-electron chi connectivity index (χ4n) is 2.31. The maximum atomic E-state index is 12.1. The molecule has 0 aliphatic rings. The van der Waals surface area contributed by atoms with Gasteiger partial charge in [0.15, 0.2) is 6.61 Å². The first-order valence-electron chi connectivity index (χ1n) is 7.96. The van der Waals surface area contributed by atoms with E-state index >= 15 is 0 Å². The third-order valence-corrected chi connectivity index (χ3v) is 3.44. The van der Waals surface area contributed by atoms with Crippen LogP contribution in [0.5, 0.6) is 11.5 Å². The van der Waals surface area contributed by atoms with Crippen LogP contribution in [0.2, 0.25) is 0 Å². The number of amides is 2. The summed E-state index contributed by atoms with van der Waals surface area (Å²) in [4.78, 5) is 35.2. The number of carbonyl (C=O) groups is 3. The van der Waals surface area contributed by atoms with Crippen molar-refractivity contribution in [2.45, 2.75) is 19.9 Å². The summed E-state index contributed by atoms with van der Waals surface area (Å²) >= 11 is 0. The Hall–Kier alpha value is -3.29. The van der Waals surface area contributed by atoms with E-state index in [9.17, 15) is 24.6 Å². The van der Waals surface area contributed by atoms with Gasteiger partial charge in [-0.25, -0.2) is 4.79 Å². The van der Waals surface area contributed by atoms with Crippen molar-refractivity contribution < 1.29 is 29.3 Å². The van der Waals surface area contributed by atoms with E-state index in [4.69, 9.17) is 4.74 Å². The van der Waals surface area contributed by atoms with Crippen LogP contribution >= 0.6 is 0 Å². The Balaban J connectivity index is 1.98. The number of nitrogens with one attached hydrogen (secondary N) is 2. The molecule has 138 valence electrons. The van der Waals surface area contributed by atoms with E-state index in [1.54, 1.807) is 38.1 Å². The second-order valence-corrected chi connectivity index (χ2v) is 5.91. The molecule has 0 saturated carbocycles.